The lowest BCUT2D eigenvalue weighted by atomic mass is 10.2. The smallest absolute Gasteiger partial charge is 0.328 e. The van der Waals surface area contributed by atoms with Crippen LogP contribution < -0.4 is 24.4 Å². The van der Waals surface area contributed by atoms with E-state index < -0.39 is 0 Å². The summed E-state index contributed by atoms with van der Waals surface area (Å²) in [6, 6.07) is 13.9. The molecule has 0 radical (unpaired) electrons. The van der Waals surface area contributed by atoms with Gasteiger partial charge in [-0.3, -0.25) is 10.2 Å². The molecule has 1 N–H and O–H groups in total. The van der Waals surface area contributed by atoms with Gasteiger partial charge in [0.1, 0.15) is 11.5 Å². The molecule has 0 saturated heterocycles. The Bertz CT molecular complexity index is 1150. The van der Waals surface area contributed by atoms with Crippen molar-refractivity contribution in [3.8, 4) is 29.3 Å². The molecule has 0 aliphatic rings. The third-order valence-electron chi connectivity index (χ3n) is 4.62. The summed E-state index contributed by atoms with van der Waals surface area (Å²) in [6.07, 6.45) is 2.30. The van der Waals surface area contributed by atoms with E-state index in [1.54, 1.807) is 55.6 Å². The Labute approximate surface area is 214 Å². The number of halogens is 1. The number of methoxy groups -OCH3 is 2. The first-order chi connectivity index (χ1) is 17.5. The van der Waals surface area contributed by atoms with E-state index in [4.69, 9.17) is 35.3 Å². The molecular formula is C25H27ClN4O6. The van der Waals surface area contributed by atoms with Crippen LogP contribution in [0.3, 0.4) is 0 Å². The van der Waals surface area contributed by atoms with Crippen LogP contribution in [-0.4, -0.2) is 49.6 Å². The van der Waals surface area contributed by atoms with Crippen LogP contribution in [0.25, 0.3) is 0 Å². The van der Waals surface area contributed by atoms with E-state index in [1.165, 1.54) is 20.3 Å². The topological polar surface area (TPSA) is 113 Å². The van der Waals surface area contributed by atoms with Gasteiger partial charge in [0.25, 0.3) is 0 Å². The predicted octanol–water partition coefficient (Wildman–Crippen LogP) is 5.11. The van der Waals surface area contributed by atoms with Gasteiger partial charge in [-0.05, 0) is 49.7 Å². The molecule has 3 rings (SSSR count). The summed E-state index contributed by atoms with van der Waals surface area (Å²) in [4.78, 5) is 20.0. The molecule has 190 valence electrons. The second kappa shape index (κ2) is 13.7. The first kappa shape index (κ1) is 26.6. The summed E-state index contributed by atoms with van der Waals surface area (Å²) >= 11 is 5.94. The summed E-state index contributed by atoms with van der Waals surface area (Å²) < 4.78 is 27.2. The van der Waals surface area contributed by atoms with Crippen molar-refractivity contribution in [1.82, 2.24) is 9.97 Å². The third kappa shape index (κ3) is 8.02. The fourth-order valence-electron chi connectivity index (χ4n) is 2.93. The molecule has 36 heavy (non-hydrogen) atoms. The second-order valence-corrected chi connectivity index (χ2v) is 7.58. The number of ether oxygens (including phenoxy) is 5. The molecule has 2 aromatic carbocycles. The zero-order valence-corrected chi connectivity index (χ0v) is 20.9. The lowest BCUT2D eigenvalue weighted by Crippen LogP contribution is -2.08. The van der Waals surface area contributed by atoms with Gasteiger partial charge in [-0.2, -0.15) is 15.1 Å². The minimum atomic E-state index is -0.267. The highest BCUT2D eigenvalue weighted by Crippen LogP contribution is 2.31. The molecule has 0 aliphatic carbocycles. The number of benzene rings is 2. The van der Waals surface area contributed by atoms with E-state index in [1.807, 2.05) is 0 Å². The number of rotatable bonds is 13. The standard InChI is InChI=1S/C25H27ClN4O6/c1-4-34-24(31)9-6-14-35-20-7-5-8-21(36-25-28-22(32-2)15-23(29-25)33-3)19(20)16-27-30-18-12-10-17(26)11-13-18/h5,7-8,10-13,15-16,30H,4,6,9,14H2,1-3H3/b27-16+. The zero-order chi connectivity index (χ0) is 25.8. The number of hydrogen-bond donors (Lipinski definition) is 1. The van der Waals surface area contributed by atoms with E-state index in [9.17, 15) is 4.79 Å². The van der Waals surface area contributed by atoms with Gasteiger partial charge < -0.3 is 23.7 Å². The number of anilines is 1. The van der Waals surface area contributed by atoms with Crippen LogP contribution in [0.4, 0.5) is 5.69 Å². The molecule has 0 fully saturated rings. The van der Waals surface area contributed by atoms with Gasteiger partial charge >= 0.3 is 12.0 Å². The number of hydrazone groups is 1. The molecule has 1 aromatic heterocycles. The molecule has 0 saturated carbocycles. The molecule has 0 atom stereocenters. The maximum absolute atomic E-state index is 11.6. The number of carbonyl (C=O) groups excluding carboxylic acids is 1. The van der Waals surface area contributed by atoms with Crippen molar-refractivity contribution in [1.29, 1.82) is 0 Å². The summed E-state index contributed by atoms with van der Waals surface area (Å²) in [7, 11) is 2.97. The Balaban J connectivity index is 1.83. The number of nitrogens with zero attached hydrogens (tertiary/aromatic N) is 3. The first-order valence-corrected chi connectivity index (χ1v) is 11.5. The number of nitrogens with one attached hydrogen (secondary N) is 1. The third-order valence-corrected chi connectivity index (χ3v) is 4.88. The van der Waals surface area contributed by atoms with Crippen LogP contribution in [0, 0.1) is 0 Å². The van der Waals surface area contributed by atoms with Gasteiger partial charge in [-0.15, -0.1) is 0 Å². The zero-order valence-electron chi connectivity index (χ0n) is 20.2. The summed E-state index contributed by atoms with van der Waals surface area (Å²) in [6.45, 7) is 2.40. The van der Waals surface area contributed by atoms with Crippen LogP contribution in [-0.2, 0) is 9.53 Å². The van der Waals surface area contributed by atoms with Crippen molar-refractivity contribution < 1.29 is 28.5 Å². The average Bonchev–Trinajstić information content (AvgIpc) is 2.88. The minimum absolute atomic E-state index is 0.0194. The molecular weight excluding hydrogens is 488 g/mol. The van der Waals surface area contributed by atoms with Crippen LogP contribution in [0.2, 0.25) is 5.02 Å². The van der Waals surface area contributed by atoms with Crippen LogP contribution >= 0.6 is 11.6 Å². The van der Waals surface area contributed by atoms with Gasteiger partial charge in [-0.1, -0.05) is 17.7 Å². The van der Waals surface area contributed by atoms with Crippen LogP contribution in [0.15, 0.2) is 53.6 Å². The Kier molecular flexibility index (Phi) is 10.1. The SMILES string of the molecule is CCOC(=O)CCCOc1cccc(Oc2nc(OC)cc(OC)n2)c1/C=N/Nc1ccc(Cl)cc1. The average molecular weight is 515 g/mol. The van der Waals surface area contributed by atoms with Gasteiger partial charge in [0.2, 0.25) is 11.8 Å². The molecule has 11 heteroatoms. The van der Waals surface area contributed by atoms with Gasteiger partial charge in [-0.25, -0.2) is 0 Å². The normalized spacial score (nSPS) is 10.7. The first-order valence-electron chi connectivity index (χ1n) is 11.1. The van der Waals surface area contributed by atoms with Crippen LogP contribution in [0.5, 0.6) is 29.3 Å². The molecule has 0 aliphatic heterocycles. The van der Waals surface area contributed by atoms with E-state index in [-0.39, 0.29) is 36.8 Å². The fraction of sp³-hybridized carbons (Fsp3) is 0.280. The Morgan fingerprint density at radius 3 is 2.42 bits per heavy atom. The van der Waals surface area contributed by atoms with Crippen molar-refractivity contribution in [2.75, 3.05) is 32.9 Å². The quantitative estimate of drug-likeness (QED) is 0.144. The summed E-state index contributed by atoms with van der Waals surface area (Å²) in [5.74, 6) is 1.17. The molecule has 0 spiro atoms. The molecule has 10 nitrogen and oxygen atoms in total. The maximum Gasteiger partial charge on any atom is 0.328 e. The van der Waals surface area contributed by atoms with Gasteiger partial charge in [0.15, 0.2) is 0 Å². The van der Waals surface area contributed by atoms with Crippen molar-refractivity contribution in [2.45, 2.75) is 19.8 Å². The molecule has 0 bridgehead atoms. The second-order valence-electron chi connectivity index (χ2n) is 7.14. The number of carbonyl (C=O) groups is 1. The monoisotopic (exact) mass is 514 g/mol. The van der Waals surface area contributed by atoms with E-state index >= 15 is 0 Å². The van der Waals surface area contributed by atoms with Gasteiger partial charge in [0.05, 0.1) is 51.0 Å². The number of hydrogen-bond acceptors (Lipinski definition) is 10. The number of aromatic nitrogens is 2. The number of esters is 1. The molecule has 3 aromatic rings. The molecule has 1 heterocycles. The summed E-state index contributed by atoms with van der Waals surface area (Å²) in [5, 5.41) is 4.93. The lowest BCUT2D eigenvalue weighted by molar-refractivity contribution is -0.143. The minimum Gasteiger partial charge on any atom is -0.493 e. The summed E-state index contributed by atoms with van der Waals surface area (Å²) in [5.41, 5.74) is 4.21. The van der Waals surface area contributed by atoms with Crippen molar-refractivity contribution in [3.05, 3.63) is 59.1 Å². The van der Waals surface area contributed by atoms with Crippen molar-refractivity contribution in [2.24, 2.45) is 5.10 Å². The predicted molar refractivity (Wildman–Crippen MR) is 136 cm³/mol. The molecule has 0 amide bonds. The van der Waals surface area contributed by atoms with E-state index in [0.717, 1.165) is 5.69 Å². The van der Waals surface area contributed by atoms with Crippen LogP contribution in [0.1, 0.15) is 25.3 Å². The largest absolute Gasteiger partial charge is 0.493 e. The highest BCUT2D eigenvalue weighted by Gasteiger charge is 2.14. The highest BCUT2D eigenvalue weighted by molar-refractivity contribution is 6.30. The van der Waals surface area contributed by atoms with E-state index in [0.29, 0.717) is 35.1 Å². The van der Waals surface area contributed by atoms with Crippen molar-refractivity contribution >= 4 is 29.5 Å². The Morgan fingerprint density at radius 2 is 1.75 bits per heavy atom. The molecule has 0 unspecified atom stereocenters. The lowest BCUT2D eigenvalue weighted by Gasteiger charge is -2.14. The van der Waals surface area contributed by atoms with Crippen molar-refractivity contribution in [3.63, 3.8) is 0 Å². The fourth-order valence-corrected chi connectivity index (χ4v) is 3.06. The maximum atomic E-state index is 11.6. The van der Waals surface area contributed by atoms with E-state index in [2.05, 4.69) is 20.5 Å². The van der Waals surface area contributed by atoms with Gasteiger partial charge in [0, 0.05) is 11.4 Å². The Hall–Kier alpha value is -4.05. The highest BCUT2D eigenvalue weighted by atomic mass is 35.5. The Morgan fingerprint density at radius 1 is 1.06 bits per heavy atom.